The molecule has 1 unspecified atom stereocenters. The van der Waals surface area contributed by atoms with Crippen molar-refractivity contribution in [3.8, 4) is 22.4 Å². The average molecular weight is 776 g/mol. The molecule has 3 atom stereocenters. The highest BCUT2D eigenvalue weighted by molar-refractivity contribution is 5.95. The van der Waals surface area contributed by atoms with Crippen LogP contribution in [0.5, 0.6) is 0 Å². The largest absolute Gasteiger partial charge is 0.464 e. The number of hydrogen-bond acceptors (Lipinski definition) is 9. The quantitative estimate of drug-likeness (QED) is 0.0811. The maximum absolute atomic E-state index is 14.4. The molecule has 3 N–H and O–H groups in total. The van der Waals surface area contributed by atoms with Crippen LogP contribution in [-0.2, 0) is 43.2 Å². The molecule has 1 fully saturated rings. The minimum atomic E-state index is -2.77. The number of amides is 1. The van der Waals surface area contributed by atoms with E-state index in [0.29, 0.717) is 42.4 Å². The van der Waals surface area contributed by atoms with Crippen LogP contribution in [0.4, 0.5) is 13.6 Å². The molecule has 1 aliphatic heterocycles. The first-order valence-electron chi connectivity index (χ1n) is 19.2. The summed E-state index contributed by atoms with van der Waals surface area (Å²) in [5.74, 6) is -0.305. The number of alkyl carbamates (subject to hydrolysis) is 1. The molecule has 3 heterocycles. The molecule has 2 aromatic heterocycles. The molecule has 0 aliphatic carbocycles. The number of aryl methyl sites for hydroxylation is 1. The molecular formula is C43H55F2N5O6. The predicted octanol–water partition coefficient (Wildman–Crippen LogP) is 8.04. The smallest absolute Gasteiger partial charge is 0.408 e. The molecule has 1 saturated heterocycles. The zero-order valence-electron chi connectivity index (χ0n) is 33.6. The summed E-state index contributed by atoms with van der Waals surface area (Å²) in [7, 11) is 1.65. The molecule has 1 amide bonds. The van der Waals surface area contributed by atoms with Crippen molar-refractivity contribution in [1.29, 1.82) is 0 Å². The Morgan fingerprint density at radius 3 is 2.50 bits per heavy atom. The number of aldehydes is 1. The summed E-state index contributed by atoms with van der Waals surface area (Å²) in [5, 5.41) is 3.46. The Labute approximate surface area is 327 Å². The van der Waals surface area contributed by atoms with Crippen LogP contribution >= 0.6 is 0 Å². The molecule has 0 spiro atoms. The summed E-state index contributed by atoms with van der Waals surface area (Å²) in [6.45, 7) is 14.9. The monoisotopic (exact) mass is 775 g/mol. The highest BCUT2D eigenvalue weighted by Gasteiger charge is 2.31. The number of pyridine rings is 1. The molecule has 13 heteroatoms. The van der Waals surface area contributed by atoms with E-state index in [-0.39, 0.29) is 30.7 Å². The van der Waals surface area contributed by atoms with Gasteiger partial charge in [-0.1, -0.05) is 32.0 Å². The number of hydrogen-bond donors (Lipinski definition) is 3. The first-order chi connectivity index (χ1) is 26.5. The van der Waals surface area contributed by atoms with E-state index in [1.54, 1.807) is 40.1 Å². The molecule has 0 bridgehead atoms. The zero-order valence-corrected chi connectivity index (χ0v) is 33.6. The zero-order chi connectivity index (χ0) is 40.8. The number of rotatable bonds is 15. The van der Waals surface area contributed by atoms with Gasteiger partial charge in [0.1, 0.15) is 17.9 Å². The first-order valence-corrected chi connectivity index (χ1v) is 19.2. The van der Waals surface area contributed by atoms with Gasteiger partial charge in [0.25, 0.3) is 6.43 Å². The number of ether oxygens (including phenoxy) is 3. The predicted molar refractivity (Wildman–Crippen MR) is 212 cm³/mol. The lowest BCUT2D eigenvalue weighted by molar-refractivity contribution is -0.150. The van der Waals surface area contributed by atoms with Crippen LogP contribution in [-0.4, -0.2) is 65.8 Å². The summed E-state index contributed by atoms with van der Waals surface area (Å²) in [6, 6.07) is 13.0. The van der Waals surface area contributed by atoms with Crippen LogP contribution in [0.25, 0.3) is 33.3 Å². The minimum Gasteiger partial charge on any atom is -0.464 e. The second kappa shape index (κ2) is 18.0. The van der Waals surface area contributed by atoms with Gasteiger partial charge in [0.05, 0.1) is 30.1 Å². The Kier molecular flexibility index (Phi) is 13.7. The fourth-order valence-electron chi connectivity index (χ4n) is 7.18. The number of fused-ring (bicyclic) bond motifs is 1. The Balaban J connectivity index is 1.61. The van der Waals surface area contributed by atoms with Gasteiger partial charge in [-0.15, -0.1) is 0 Å². The molecule has 56 heavy (non-hydrogen) atoms. The molecule has 4 aromatic rings. The van der Waals surface area contributed by atoms with Gasteiger partial charge in [-0.2, -0.15) is 0 Å². The number of nitrogens with zero attached hydrogens (tertiary/aromatic N) is 2. The summed E-state index contributed by atoms with van der Waals surface area (Å²) < 4.78 is 48.0. The maximum atomic E-state index is 14.4. The number of carbonyl (C=O) groups is 3. The standard InChI is InChI=1S/C43H55F2N5O6/c1-9-50-36-15-14-28(29-18-27(19-30(21-29)39(44)45)20-31(24-51)48-41(53)56-42(3,4)5)22-33(36)34(38(50)32-12-10-16-46-37(32)26(2)54-8)23-43(6,7)25-55-40(52)35-13-11-17-47-49-35/h10,12,14-16,18-19,21-22,24,26,31,35,39,47,49H,9,11,13,17,20,23,25H2,1-8H3,(H,48,53)/t26-,31-,35?/m0/s1. The van der Waals surface area contributed by atoms with E-state index in [4.69, 9.17) is 19.2 Å². The van der Waals surface area contributed by atoms with Crippen molar-refractivity contribution >= 4 is 29.3 Å². The van der Waals surface area contributed by atoms with Gasteiger partial charge in [0.15, 0.2) is 0 Å². The van der Waals surface area contributed by atoms with Gasteiger partial charge in [0.2, 0.25) is 0 Å². The molecule has 1 aliphatic rings. The molecular weight excluding hydrogens is 720 g/mol. The molecule has 2 aromatic carbocycles. The lowest BCUT2D eigenvalue weighted by Crippen LogP contribution is -2.50. The summed E-state index contributed by atoms with van der Waals surface area (Å²) in [5.41, 5.74) is 10.8. The van der Waals surface area contributed by atoms with Gasteiger partial charge >= 0.3 is 12.1 Å². The normalized spacial score (nSPS) is 16.1. The third kappa shape index (κ3) is 10.4. The van der Waals surface area contributed by atoms with Crippen LogP contribution in [0.3, 0.4) is 0 Å². The Morgan fingerprint density at radius 2 is 1.86 bits per heavy atom. The van der Waals surface area contributed by atoms with Crippen molar-refractivity contribution in [3.05, 3.63) is 77.1 Å². The second-order valence-corrected chi connectivity index (χ2v) is 16.2. The molecule has 302 valence electrons. The van der Waals surface area contributed by atoms with E-state index in [0.717, 1.165) is 46.4 Å². The fraction of sp³-hybridized carbons (Fsp3) is 0.488. The topological polar surface area (TPSA) is 133 Å². The van der Waals surface area contributed by atoms with Gasteiger partial charge < -0.3 is 28.9 Å². The van der Waals surface area contributed by atoms with Crippen LogP contribution in [0.2, 0.25) is 0 Å². The van der Waals surface area contributed by atoms with Crippen molar-refractivity contribution in [1.82, 2.24) is 25.7 Å². The Bertz CT molecular complexity index is 2020. The fourth-order valence-corrected chi connectivity index (χ4v) is 7.18. The highest BCUT2D eigenvalue weighted by Crippen LogP contribution is 2.42. The van der Waals surface area contributed by atoms with E-state index >= 15 is 0 Å². The third-order valence-corrected chi connectivity index (χ3v) is 9.86. The summed E-state index contributed by atoms with van der Waals surface area (Å²) >= 11 is 0. The summed E-state index contributed by atoms with van der Waals surface area (Å²) in [4.78, 5) is 42.3. The average Bonchev–Trinajstić information content (AvgIpc) is 3.47. The number of nitrogens with one attached hydrogen (secondary N) is 3. The van der Waals surface area contributed by atoms with Crippen molar-refractivity contribution in [2.45, 2.75) is 111 Å². The molecule has 5 rings (SSSR count). The number of benzene rings is 2. The lowest BCUT2D eigenvalue weighted by Gasteiger charge is -2.28. The van der Waals surface area contributed by atoms with Crippen molar-refractivity contribution in [2.24, 2.45) is 5.41 Å². The van der Waals surface area contributed by atoms with E-state index in [1.807, 2.05) is 37.3 Å². The molecule has 11 nitrogen and oxygen atoms in total. The van der Waals surface area contributed by atoms with Crippen LogP contribution in [0, 0.1) is 5.41 Å². The molecule has 0 radical (unpaired) electrons. The number of methoxy groups -OCH3 is 1. The SMILES string of the molecule is CCn1c(-c2cccnc2[C@H](C)OC)c(CC(C)(C)COC(=O)C2CCCNN2)c2cc(-c3cc(C[C@@H](C=O)NC(=O)OC(C)(C)C)cc(C(F)F)c3)ccc21. The Morgan fingerprint density at radius 1 is 1.09 bits per heavy atom. The van der Waals surface area contributed by atoms with Crippen molar-refractivity contribution < 1.29 is 37.4 Å². The first kappa shape index (κ1) is 42.4. The van der Waals surface area contributed by atoms with E-state index in [1.165, 1.54) is 12.1 Å². The van der Waals surface area contributed by atoms with Gasteiger partial charge in [-0.05, 0) is 113 Å². The number of halogens is 2. The minimum absolute atomic E-state index is 0.0129. The number of carbonyl (C=O) groups excluding carboxylic acids is 3. The Hall–Kier alpha value is -4.72. The van der Waals surface area contributed by atoms with Crippen molar-refractivity contribution in [2.75, 3.05) is 20.3 Å². The third-order valence-electron chi connectivity index (χ3n) is 9.86. The van der Waals surface area contributed by atoms with E-state index < -0.39 is 35.6 Å². The summed E-state index contributed by atoms with van der Waals surface area (Å²) in [6.07, 6.45) is 0.520. The highest BCUT2D eigenvalue weighted by atomic mass is 19.3. The number of alkyl halides is 2. The van der Waals surface area contributed by atoms with Gasteiger partial charge in [-0.25, -0.2) is 19.0 Å². The van der Waals surface area contributed by atoms with Gasteiger partial charge in [-0.3, -0.25) is 15.2 Å². The number of aromatic nitrogens is 2. The number of esters is 1. The number of hydrazine groups is 1. The van der Waals surface area contributed by atoms with Crippen LogP contribution in [0.1, 0.15) is 96.2 Å². The van der Waals surface area contributed by atoms with Crippen LogP contribution in [0.15, 0.2) is 54.7 Å². The van der Waals surface area contributed by atoms with Crippen molar-refractivity contribution in [3.63, 3.8) is 0 Å². The second-order valence-electron chi connectivity index (χ2n) is 16.2. The molecule has 0 saturated carbocycles. The maximum Gasteiger partial charge on any atom is 0.408 e. The van der Waals surface area contributed by atoms with E-state index in [9.17, 15) is 23.2 Å². The van der Waals surface area contributed by atoms with Gasteiger partial charge in [0, 0.05) is 53.8 Å². The van der Waals surface area contributed by atoms with Crippen LogP contribution < -0.4 is 16.2 Å². The van der Waals surface area contributed by atoms with E-state index in [2.05, 4.69) is 41.5 Å². The lowest BCUT2D eigenvalue weighted by atomic mass is 9.84.